The summed E-state index contributed by atoms with van der Waals surface area (Å²) in [4.78, 5) is 0. The molecule has 0 bridgehead atoms. The van der Waals surface area contributed by atoms with E-state index in [1.807, 2.05) is 31.2 Å². The Labute approximate surface area is 97.3 Å². The van der Waals surface area contributed by atoms with Crippen LogP contribution in [0.4, 0.5) is 5.69 Å². The van der Waals surface area contributed by atoms with Crippen molar-refractivity contribution in [3.8, 4) is 0 Å². The van der Waals surface area contributed by atoms with E-state index < -0.39 is 0 Å². The molecule has 0 spiro atoms. The second-order valence-corrected chi connectivity index (χ2v) is 4.14. The van der Waals surface area contributed by atoms with Gasteiger partial charge in [0, 0.05) is 22.6 Å². The Hall–Kier alpha value is -1.23. The summed E-state index contributed by atoms with van der Waals surface area (Å²) in [5.74, 6) is 0.219. The van der Waals surface area contributed by atoms with Crippen LogP contribution in [-0.4, -0.2) is 17.6 Å². The Bertz CT molecular complexity index is 354. The molecular weight excluding hydrogens is 258 g/mol. The van der Waals surface area contributed by atoms with Crippen molar-refractivity contribution >= 4 is 27.5 Å². The van der Waals surface area contributed by atoms with E-state index in [1.54, 1.807) is 0 Å². The summed E-state index contributed by atoms with van der Waals surface area (Å²) in [6, 6.07) is 7.81. The number of benzene rings is 1. The molecule has 1 aromatic rings. The predicted molar refractivity (Wildman–Crippen MR) is 65.2 cm³/mol. The molecule has 1 unspecified atom stereocenters. The molecule has 0 heterocycles. The van der Waals surface area contributed by atoms with E-state index in [1.165, 1.54) is 0 Å². The van der Waals surface area contributed by atoms with Gasteiger partial charge >= 0.3 is 0 Å². The van der Waals surface area contributed by atoms with Crippen molar-refractivity contribution < 1.29 is 5.21 Å². The second-order valence-electron chi connectivity index (χ2n) is 3.29. The predicted octanol–water partition coefficient (Wildman–Crippen LogP) is 2.24. The number of hydrogen-bond acceptors (Lipinski definition) is 3. The van der Waals surface area contributed by atoms with Gasteiger partial charge in [0.2, 0.25) is 0 Å². The molecule has 0 saturated carbocycles. The van der Waals surface area contributed by atoms with Crippen LogP contribution in [0.1, 0.15) is 6.92 Å². The van der Waals surface area contributed by atoms with Crippen molar-refractivity contribution in [2.45, 2.75) is 6.92 Å². The smallest absolute Gasteiger partial charge is 0.143 e. The Kier molecular flexibility index (Phi) is 4.42. The number of oxime groups is 1. The number of hydrogen-bond donors (Lipinski definition) is 3. The summed E-state index contributed by atoms with van der Waals surface area (Å²) in [5.41, 5.74) is 6.46. The molecule has 0 fully saturated rings. The van der Waals surface area contributed by atoms with Gasteiger partial charge in [0.05, 0.1) is 0 Å². The summed E-state index contributed by atoms with van der Waals surface area (Å²) in [6.07, 6.45) is 0. The van der Waals surface area contributed by atoms with E-state index in [9.17, 15) is 0 Å². The van der Waals surface area contributed by atoms with Crippen LogP contribution in [0, 0.1) is 5.92 Å². The Morgan fingerprint density at radius 2 is 2.27 bits per heavy atom. The zero-order valence-corrected chi connectivity index (χ0v) is 10.0. The van der Waals surface area contributed by atoms with Crippen molar-refractivity contribution in [2.24, 2.45) is 16.8 Å². The van der Waals surface area contributed by atoms with Crippen LogP contribution < -0.4 is 11.1 Å². The minimum atomic E-state index is -0.0119. The molecule has 1 aromatic carbocycles. The summed E-state index contributed by atoms with van der Waals surface area (Å²) in [5, 5.41) is 14.7. The van der Waals surface area contributed by atoms with Crippen molar-refractivity contribution in [1.29, 1.82) is 0 Å². The number of anilines is 1. The Morgan fingerprint density at radius 1 is 1.60 bits per heavy atom. The molecule has 0 radical (unpaired) electrons. The number of nitrogens with two attached hydrogens (primary N) is 1. The fraction of sp³-hybridized carbons (Fsp3) is 0.300. The SMILES string of the molecule is CC(CNc1ccccc1Br)C(N)=NO. The highest BCUT2D eigenvalue weighted by Crippen LogP contribution is 2.21. The van der Waals surface area contributed by atoms with Gasteiger partial charge in [-0.15, -0.1) is 0 Å². The van der Waals surface area contributed by atoms with E-state index in [0.29, 0.717) is 6.54 Å². The first-order valence-corrected chi connectivity index (χ1v) is 5.40. The maximum absolute atomic E-state index is 8.48. The van der Waals surface area contributed by atoms with Gasteiger partial charge < -0.3 is 16.3 Å². The Balaban J connectivity index is 2.54. The lowest BCUT2D eigenvalue weighted by Crippen LogP contribution is -2.27. The quantitative estimate of drug-likeness (QED) is 0.341. The molecule has 82 valence electrons. The third-order valence-corrected chi connectivity index (χ3v) is 2.78. The van der Waals surface area contributed by atoms with Crippen molar-refractivity contribution in [2.75, 3.05) is 11.9 Å². The van der Waals surface area contributed by atoms with E-state index in [0.717, 1.165) is 10.2 Å². The van der Waals surface area contributed by atoms with Gasteiger partial charge in [-0.05, 0) is 28.1 Å². The lowest BCUT2D eigenvalue weighted by atomic mass is 10.1. The van der Waals surface area contributed by atoms with Gasteiger partial charge in [-0.25, -0.2) is 0 Å². The average Bonchev–Trinajstić information content (AvgIpc) is 2.26. The molecule has 15 heavy (non-hydrogen) atoms. The zero-order chi connectivity index (χ0) is 11.3. The largest absolute Gasteiger partial charge is 0.409 e. The van der Waals surface area contributed by atoms with Gasteiger partial charge in [-0.2, -0.15) is 0 Å². The number of rotatable bonds is 4. The molecule has 1 rings (SSSR count). The summed E-state index contributed by atoms with van der Waals surface area (Å²) in [7, 11) is 0. The Morgan fingerprint density at radius 3 is 2.87 bits per heavy atom. The normalized spacial score (nSPS) is 13.6. The van der Waals surface area contributed by atoms with Gasteiger partial charge in [0.25, 0.3) is 0 Å². The lowest BCUT2D eigenvalue weighted by Gasteiger charge is -2.12. The maximum Gasteiger partial charge on any atom is 0.143 e. The number of halogens is 1. The summed E-state index contributed by atoms with van der Waals surface area (Å²) < 4.78 is 0.997. The van der Waals surface area contributed by atoms with Crippen LogP contribution in [0.2, 0.25) is 0 Å². The molecule has 1 atom stereocenters. The fourth-order valence-electron chi connectivity index (χ4n) is 1.07. The molecule has 4 N–H and O–H groups in total. The molecule has 0 aliphatic carbocycles. The van der Waals surface area contributed by atoms with Gasteiger partial charge in [0.15, 0.2) is 0 Å². The third-order valence-electron chi connectivity index (χ3n) is 2.09. The molecule has 0 aliphatic rings. The third kappa shape index (κ3) is 3.43. The molecule has 0 saturated heterocycles. The van der Waals surface area contributed by atoms with Crippen molar-refractivity contribution in [3.05, 3.63) is 28.7 Å². The molecule has 4 nitrogen and oxygen atoms in total. The maximum atomic E-state index is 8.48. The molecule has 0 aromatic heterocycles. The van der Waals surface area contributed by atoms with Crippen LogP contribution >= 0.6 is 15.9 Å². The number of para-hydroxylation sites is 1. The standard InChI is InChI=1S/C10H14BrN3O/c1-7(10(12)14-15)6-13-9-5-3-2-4-8(9)11/h2-5,7,13,15H,6H2,1H3,(H2,12,14). The van der Waals surface area contributed by atoms with E-state index in [4.69, 9.17) is 10.9 Å². The first-order valence-electron chi connectivity index (χ1n) is 4.61. The van der Waals surface area contributed by atoms with Crippen molar-refractivity contribution in [3.63, 3.8) is 0 Å². The average molecular weight is 272 g/mol. The number of nitrogens with one attached hydrogen (secondary N) is 1. The number of nitrogens with zero attached hydrogens (tertiary/aromatic N) is 1. The zero-order valence-electron chi connectivity index (χ0n) is 8.44. The topological polar surface area (TPSA) is 70.6 Å². The highest BCUT2D eigenvalue weighted by Gasteiger charge is 2.07. The van der Waals surface area contributed by atoms with Gasteiger partial charge in [-0.1, -0.05) is 24.2 Å². The van der Waals surface area contributed by atoms with Crippen LogP contribution in [0.5, 0.6) is 0 Å². The molecule has 0 amide bonds. The van der Waals surface area contributed by atoms with Gasteiger partial charge in [0.1, 0.15) is 5.84 Å². The van der Waals surface area contributed by atoms with E-state index in [2.05, 4.69) is 26.4 Å². The monoisotopic (exact) mass is 271 g/mol. The minimum absolute atomic E-state index is 0.0119. The van der Waals surface area contributed by atoms with Crippen LogP contribution in [-0.2, 0) is 0 Å². The van der Waals surface area contributed by atoms with E-state index in [-0.39, 0.29) is 11.8 Å². The van der Waals surface area contributed by atoms with Crippen LogP contribution in [0.15, 0.2) is 33.9 Å². The molecule has 5 heteroatoms. The highest BCUT2D eigenvalue weighted by molar-refractivity contribution is 9.10. The highest BCUT2D eigenvalue weighted by atomic mass is 79.9. The first kappa shape index (κ1) is 11.8. The molecular formula is C10H14BrN3O. The first-order chi connectivity index (χ1) is 7.15. The summed E-state index contributed by atoms with van der Waals surface area (Å²) >= 11 is 3.43. The van der Waals surface area contributed by atoms with Crippen molar-refractivity contribution in [1.82, 2.24) is 0 Å². The minimum Gasteiger partial charge on any atom is -0.409 e. The fourth-order valence-corrected chi connectivity index (χ4v) is 1.50. The van der Waals surface area contributed by atoms with E-state index >= 15 is 0 Å². The number of amidine groups is 1. The van der Waals surface area contributed by atoms with Gasteiger partial charge in [-0.3, -0.25) is 0 Å². The van der Waals surface area contributed by atoms with Crippen LogP contribution in [0.3, 0.4) is 0 Å². The molecule has 0 aliphatic heterocycles. The summed E-state index contributed by atoms with van der Waals surface area (Å²) in [6.45, 7) is 2.51. The van der Waals surface area contributed by atoms with Crippen LogP contribution in [0.25, 0.3) is 0 Å². The lowest BCUT2D eigenvalue weighted by molar-refractivity contribution is 0.315. The second kappa shape index (κ2) is 5.60.